The van der Waals surface area contributed by atoms with E-state index in [1.165, 1.54) is 11.1 Å². The van der Waals surface area contributed by atoms with Crippen molar-refractivity contribution < 1.29 is 0 Å². The molecule has 2 aromatic carbocycles. The first kappa shape index (κ1) is 15.7. The zero-order valence-corrected chi connectivity index (χ0v) is 13.8. The molecular formula is C16H17Cl2NS. The van der Waals surface area contributed by atoms with Crippen molar-refractivity contribution in [2.24, 2.45) is 0 Å². The SMILES string of the molecule is CNC(CSc1cc(Cl)ccc1Cl)c1ccccc1C. The molecular weight excluding hydrogens is 309 g/mol. The number of hydrogen-bond donors (Lipinski definition) is 1. The van der Waals surface area contributed by atoms with Crippen molar-refractivity contribution in [3.05, 3.63) is 63.6 Å². The Kier molecular flexibility index (Phi) is 5.79. The lowest BCUT2D eigenvalue weighted by atomic mass is 10.0. The van der Waals surface area contributed by atoms with Gasteiger partial charge in [0.25, 0.3) is 0 Å². The normalized spacial score (nSPS) is 12.4. The van der Waals surface area contributed by atoms with Crippen LogP contribution < -0.4 is 5.32 Å². The first-order valence-electron chi connectivity index (χ1n) is 6.42. The highest BCUT2D eigenvalue weighted by Crippen LogP contribution is 2.32. The van der Waals surface area contributed by atoms with Crippen LogP contribution in [0.2, 0.25) is 10.0 Å². The Bertz CT molecular complexity index is 586. The van der Waals surface area contributed by atoms with Gasteiger partial charge in [0.1, 0.15) is 0 Å². The maximum atomic E-state index is 6.20. The van der Waals surface area contributed by atoms with Crippen LogP contribution in [0.15, 0.2) is 47.4 Å². The maximum Gasteiger partial charge on any atom is 0.0542 e. The van der Waals surface area contributed by atoms with Gasteiger partial charge in [0, 0.05) is 21.7 Å². The van der Waals surface area contributed by atoms with Gasteiger partial charge in [-0.2, -0.15) is 0 Å². The van der Waals surface area contributed by atoms with E-state index in [4.69, 9.17) is 23.2 Å². The van der Waals surface area contributed by atoms with Crippen LogP contribution in [0, 0.1) is 6.92 Å². The van der Waals surface area contributed by atoms with Crippen LogP contribution in [0.4, 0.5) is 0 Å². The van der Waals surface area contributed by atoms with E-state index < -0.39 is 0 Å². The minimum Gasteiger partial charge on any atom is -0.312 e. The van der Waals surface area contributed by atoms with E-state index in [0.29, 0.717) is 5.02 Å². The molecule has 0 aliphatic heterocycles. The number of benzene rings is 2. The van der Waals surface area contributed by atoms with E-state index >= 15 is 0 Å². The highest BCUT2D eigenvalue weighted by atomic mass is 35.5. The summed E-state index contributed by atoms with van der Waals surface area (Å²) in [5.41, 5.74) is 2.62. The molecule has 0 aromatic heterocycles. The summed E-state index contributed by atoms with van der Waals surface area (Å²) in [6.07, 6.45) is 0. The number of thioether (sulfide) groups is 1. The predicted molar refractivity (Wildman–Crippen MR) is 90.2 cm³/mol. The molecule has 1 atom stereocenters. The van der Waals surface area contributed by atoms with E-state index in [2.05, 4.69) is 36.5 Å². The summed E-state index contributed by atoms with van der Waals surface area (Å²) in [7, 11) is 1.98. The van der Waals surface area contributed by atoms with Gasteiger partial charge >= 0.3 is 0 Å². The second-order valence-electron chi connectivity index (χ2n) is 4.58. The standard InChI is InChI=1S/C16H17Cl2NS/c1-11-5-3-4-6-13(11)15(19-2)10-20-16-9-12(17)7-8-14(16)18/h3-9,15,19H,10H2,1-2H3. The third-order valence-electron chi connectivity index (χ3n) is 3.21. The summed E-state index contributed by atoms with van der Waals surface area (Å²) >= 11 is 13.9. The van der Waals surface area contributed by atoms with E-state index in [9.17, 15) is 0 Å². The molecule has 4 heteroatoms. The van der Waals surface area contributed by atoms with Crippen LogP contribution in [0.5, 0.6) is 0 Å². The lowest BCUT2D eigenvalue weighted by Gasteiger charge is -2.18. The molecule has 0 radical (unpaired) electrons. The molecule has 1 nitrogen and oxygen atoms in total. The summed E-state index contributed by atoms with van der Waals surface area (Å²) in [6, 6.07) is 14.3. The van der Waals surface area contributed by atoms with Crippen LogP contribution in [0.25, 0.3) is 0 Å². The molecule has 1 N–H and O–H groups in total. The number of rotatable bonds is 5. The molecule has 106 valence electrons. The van der Waals surface area contributed by atoms with Gasteiger partial charge < -0.3 is 5.32 Å². The van der Waals surface area contributed by atoms with E-state index in [0.717, 1.165) is 15.7 Å². The van der Waals surface area contributed by atoms with Gasteiger partial charge in [-0.25, -0.2) is 0 Å². The molecule has 1 unspecified atom stereocenters. The first-order valence-corrected chi connectivity index (χ1v) is 8.16. The van der Waals surface area contributed by atoms with Gasteiger partial charge in [0.05, 0.1) is 5.02 Å². The molecule has 0 spiro atoms. The van der Waals surface area contributed by atoms with Crippen LogP contribution in [0.1, 0.15) is 17.2 Å². The lowest BCUT2D eigenvalue weighted by molar-refractivity contribution is 0.658. The van der Waals surface area contributed by atoms with Gasteiger partial charge in [0.2, 0.25) is 0 Å². The predicted octanol–water partition coefficient (Wildman–Crippen LogP) is 5.35. The fourth-order valence-corrected chi connectivity index (χ4v) is 3.69. The summed E-state index contributed by atoms with van der Waals surface area (Å²) < 4.78 is 0. The van der Waals surface area contributed by atoms with Crippen LogP contribution >= 0.6 is 35.0 Å². The smallest absolute Gasteiger partial charge is 0.0542 e. The summed E-state index contributed by atoms with van der Waals surface area (Å²) in [5.74, 6) is 0.904. The second-order valence-corrected chi connectivity index (χ2v) is 6.49. The van der Waals surface area contributed by atoms with Gasteiger partial charge in [-0.15, -0.1) is 11.8 Å². The Morgan fingerprint density at radius 2 is 1.90 bits per heavy atom. The van der Waals surface area contributed by atoms with Crippen molar-refractivity contribution >= 4 is 35.0 Å². The monoisotopic (exact) mass is 325 g/mol. The Morgan fingerprint density at radius 3 is 2.60 bits per heavy atom. The molecule has 2 rings (SSSR count). The molecule has 0 aliphatic rings. The second kappa shape index (κ2) is 7.37. The molecule has 0 saturated carbocycles. The third kappa shape index (κ3) is 3.92. The van der Waals surface area contributed by atoms with E-state index in [1.54, 1.807) is 11.8 Å². The highest BCUT2D eigenvalue weighted by molar-refractivity contribution is 7.99. The summed E-state index contributed by atoms with van der Waals surface area (Å²) in [4.78, 5) is 1.02. The highest BCUT2D eigenvalue weighted by Gasteiger charge is 2.13. The molecule has 0 aliphatic carbocycles. The van der Waals surface area contributed by atoms with Crippen LogP contribution in [-0.4, -0.2) is 12.8 Å². The minimum absolute atomic E-state index is 0.288. The zero-order chi connectivity index (χ0) is 14.5. The minimum atomic E-state index is 0.288. The van der Waals surface area contributed by atoms with Crippen molar-refractivity contribution in [2.45, 2.75) is 17.9 Å². The molecule has 2 aromatic rings. The topological polar surface area (TPSA) is 12.0 Å². The van der Waals surface area contributed by atoms with Gasteiger partial charge in [0.15, 0.2) is 0 Å². The van der Waals surface area contributed by atoms with Crippen molar-refractivity contribution in [1.29, 1.82) is 0 Å². The van der Waals surface area contributed by atoms with E-state index in [1.807, 2.05) is 25.2 Å². The fourth-order valence-electron chi connectivity index (χ4n) is 2.07. The summed E-state index contributed by atoms with van der Waals surface area (Å²) in [5, 5.41) is 4.83. The van der Waals surface area contributed by atoms with Gasteiger partial charge in [-0.1, -0.05) is 47.5 Å². The zero-order valence-electron chi connectivity index (χ0n) is 11.5. The molecule has 0 saturated heterocycles. The number of halogens is 2. The molecule has 0 fully saturated rings. The van der Waals surface area contributed by atoms with Gasteiger partial charge in [-0.05, 0) is 43.3 Å². The molecule has 0 bridgehead atoms. The largest absolute Gasteiger partial charge is 0.312 e. The third-order valence-corrected chi connectivity index (χ3v) is 5.04. The Morgan fingerprint density at radius 1 is 1.15 bits per heavy atom. The Balaban J connectivity index is 2.12. The Hall–Kier alpha value is -0.670. The van der Waals surface area contributed by atoms with Crippen LogP contribution in [-0.2, 0) is 0 Å². The first-order chi connectivity index (χ1) is 9.61. The number of nitrogens with one attached hydrogen (secondary N) is 1. The quantitative estimate of drug-likeness (QED) is 0.743. The fraction of sp³-hybridized carbons (Fsp3) is 0.250. The van der Waals surface area contributed by atoms with Crippen molar-refractivity contribution in [3.63, 3.8) is 0 Å². The number of hydrogen-bond acceptors (Lipinski definition) is 2. The van der Waals surface area contributed by atoms with E-state index in [-0.39, 0.29) is 6.04 Å². The van der Waals surface area contributed by atoms with Crippen molar-refractivity contribution in [2.75, 3.05) is 12.8 Å². The molecule has 20 heavy (non-hydrogen) atoms. The lowest BCUT2D eigenvalue weighted by Crippen LogP contribution is -2.19. The van der Waals surface area contributed by atoms with Gasteiger partial charge in [-0.3, -0.25) is 0 Å². The molecule has 0 amide bonds. The Labute approximate surface area is 134 Å². The van der Waals surface area contributed by atoms with Crippen LogP contribution in [0.3, 0.4) is 0 Å². The van der Waals surface area contributed by atoms with Crippen molar-refractivity contribution in [1.82, 2.24) is 5.32 Å². The molecule has 0 heterocycles. The average Bonchev–Trinajstić information content (AvgIpc) is 2.45. The number of aryl methyl sites for hydroxylation is 1. The van der Waals surface area contributed by atoms with Crippen molar-refractivity contribution in [3.8, 4) is 0 Å². The maximum absolute atomic E-state index is 6.20. The summed E-state index contributed by atoms with van der Waals surface area (Å²) in [6.45, 7) is 2.14. The average molecular weight is 326 g/mol.